The van der Waals surface area contributed by atoms with E-state index in [1.165, 1.54) is 0 Å². The second kappa shape index (κ2) is 5.20. The molecule has 0 rings (SSSR count). The SMILES string of the molecule is CC(C)(C)C(NC(=O)O)C(=O)NCC#N. The topological polar surface area (TPSA) is 102 Å². The number of hydrogen-bond acceptors (Lipinski definition) is 3. The monoisotopic (exact) mass is 213 g/mol. The van der Waals surface area contributed by atoms with Crippen LogP contribution in [0.3, 0.4) is 0 Å². The van der Waals surface area contributed by atoms with Crippen LogP contribution in [0.5, 0.6) is 0 Å². The summed E-state index contributed by atoms with van der Waals surface area (Å²) in [4.78, 5) is 22.0. The van der Waals surface area contributed by atoms with Crippen molar-refractivity contribution in [2.24, 2.45) is 5.41 Å². The predicted octanol–water partition coefficient (Wildman–Crippen LogP) is 0.308. The van der Waals surface area contributed by atoms with Crippen molar-refractivity contribution in [3.05, 3.63) is 0 Å². The van der Waals surface area contributed by atoms with Gasteiger partial charge in [0.1, 0.15) is 12.6 Å². The first kappa shape index (κ1) is 13.2. The highest BCUT2D eigenvalue weighted by Crippen LogP contribution is 2.19. The van der Waals surface area contributed by atoms with Crippen LogP contribution in [0.2, 0.25) is 0 Å². The van der Waals surface area contributed by atoms with E-state index in [0.29, 0.717) is 0 Å². The third kappa shape index (κ3) is 4.86. The molecule has 0 aliphatic carbocycles. The summed E-state index contributed by atoms with van der Waals surface area (Å²) in [6.45, 7) is 5.07. The van der Waals surface area contributed by atoms with E-state index in [4.69, 9.17) is 10.4 Å². The quantitative estimate of drug-likeness (QED) is 0.587. The molecule has 0 aromatic heterocycles. The number of rotatable bonds is 3. The van der Waals surface area contributed by atoms with Crippen LogP contribution < -0.4 is 10.6 Å². The lowest BCUT2D eigenvalue weighted by Crippen LogP contribution is -2.53. The number of amides is 2. The normalized spacial score (nSPS) is 12.4. The maximum Gasteiger partial charge on any atom is 0.405 e. The Morgan fingerprint density at radius 1 is 1.47 bits per heavy atom. The van der Waals surface area contributed by atoms with Crippen molar-refractivity contribution < 1.29 is 14.7 Å². The van der Waals surface area contributed by atoms with Crippen LogP contribution in [0.1, 0.15) is 20.8 Å². The number of carboxylic acid groups (broad SMARTS) is 1. The summed E-state index contributed by atoms with van der Waals surface area (Å²) < 4.78 is 0. The van der Waals surface area contributed by atoms with Gasteiger partial charge in [-0.05, 0) is 5.41 Å². The van der Waals surface area contributed by atoms with Gasteiger partial charge in [-0.15, -0.1) is 0 Å². The summed E-state index contributed by atoms with van der Waals surface area (Å²) in [5, 5.41) is 21.3. The maximum absolute atomic E-state index is 11.5. The first-order chi connectivity index (χ1) is 6.79. The molecule has 84 valence electrons. The molecule has 0 aromatic carbocycles. The summed E-state index contributed by atoms with van der Waals surface area (Å²) >= 11 is 0. The fourth-order valence-corrected chi connectivity index (χ4v) is 1.03. The second-order valence-electron chi connectivity index (χ2n) is 4.12. The fourth-order valence-electron chi connectivity index (χ4n) is 1.03. The van der Waals surface area contributed by atoms with Gasteiger partial charge < -0.3 is 15.7 Å². The number of nitrogens with zero attached hydrogens (tertiary/aromatic N) is 1. The molecule has 3 N–H and O–H groups in total. The van der Waals surface area contributed by atoms with Crippen LogP contribution >= 0.6 is 0 Å². The molecular formula is C9H15N3O3. The molecule has 0 aromatic rings. The minimum Gasteiger partial charge on any atom is -0.465 e. The summed E-state index contributed by atoms with van der Waals surface area (Å²) in [6, 6.07) is 0.879. The summed E-state index contributed by atoms with van der Waals surface area (Å²) in [5.41, 5.74) is -0.544. The van der Waals surface area contributed by atoms with E-state index in [1.807, 2.05) is 0 Å². The molecule has 0 aliphatic rings. The highest BCUT2D eigenvalue weighted by atomic mass is 16.4. The largest absolute Gasteiger partial charge is 0.465 e. The summed E-state index contributed by atoms with van der Waals surface area (Å²) in [5.74, 6) is -0.494. The van der Waals surface area contributed by atoms with Crippen molar-refractivity contribution in [3.63, 3.8) is 0 Å². The van der Waals surface area contributed by atoms with E-state index in [1.54, 1.807) is 26.8 Å². The minimum absolute atomic E-state index is 0.132. The maximum atomic E-state index is 11.5. The Morgan fingerprint density at radius 3 is 2.33 bits per heavy atom. The molecule has 6 heteroatoms. The highest BCUT2D eigenvalue weighted by Gasteiger charge is 2.32. The van der Waals surface area contributed by atoms with Gasteiger partial charge in [0.2, 0.25) is 5.91 Å². The van der Waals surface area contributed by atoms with Gasteiger partial charge in [-0.25, -0.2) is 4.79 Å². The summed E-state index contributed by atoms with van der Waals surface area (Å²) in [7, 11) is 0. The Bertz CT molecular complexity index is 288. The molecule has 0 fully saturated rings. The van der Waals surface area contributed by atoms with E-state index in [2.05, 4.69) is 10.6 Å². The molecular weight excluding hydrogens is 198 g/mol. The Morgan fingerprint density at radius 2 is 2.00 bits per heavy atom. The van der Waals surface area contributed by atoms with Gasteiger partial charge in [-0.2, -0.15) is 5.26 Å². The van der Waals surface area contributed by atoms with Crippen LogP contribution in [0.15, 0.2) is 0 Å². The first-order valence-corrected chi connectivity index (χ1v) is 4.43. The molecule has 1 atom stereocenters. The zero-order valence-electron chi connectivity index (χ0n) is 9.00. The molecule has 6 nitrogen and oxygen atoms in total. The van der Waals surface area contributed by atoms with Gasteiger partial charge in [-0.3, -0.25) is 4.79 Å². The Labute approximate surface area is 88.3 Å². The molecule has 15 heavy (non-hydrogen) atoms. The van der Waals surface area contributed by atoms with Gasteiger partial charge in [-0.1, -0.05) is 20.8 Å². The Balaban J connectivity index is 4.57. The molecule has 0 spiro atoms. The molecule has 1 unspecified atom stereocenters. The van der Waals surface area contributed by atoms with Crippen LogP contribution in [0, 0.1) is 16.7 Å². The fraction of sp³-hybridized carbons (Fsp3) is 0.667. The smallest absolute Gasteiger partial charge is 0.405 e. The van der Waals surface area contributed by atoms with Crippen molar-refractivity contribution in [1.29, 1.82) is 5.26 Å². The van der Waals surface area contributed by atoms with Crippen molar-refractivity contribution in [2.75, 3.05) is 6.54 Å². The van der Waals surface area contributed by atoms with Crippen molar-refractivity contribution in [1.82, 2.24) is 10.6 Å². The lowest BCUT2D eigenvalue weighted by atomic mass is 9.86. The molecule has 0 bridgehead atoms. The third-order valence-corrected chi connectivity index (χ3v) is 1.74. The van der Waals surface area contributed by atoms with Crippen molar-refractivity contribution >= 4 is 12.0 Å². The average molecular weight is 213 g/mol. The molecule has 0 saturated heterocycles. The number of carbonyl (C=O) groups excluding carboxylic acids is 1. The third-order valence-electron chi connectivity index (χ3n) is 1.74. The predicted molar refractivity (Wildman–Crippen MR) is 53.0 cm³/mol. The van der Waals surface area contributed by atoms with E-state index in [-0.39, 0.29) is 6.54 Å². The van der Waals surface area contributed by atoms with E-state index < -0.39 is 23.5 Å². The molecule has 0 radical (unpaired) electrons. The van der Waals surface area contributed by atoms with Crippen LogP contribution in [0.25, 0.3) is 0 Å². The molecule has 0 aliphatic heterocycles. The lowest BCUT2D eigenvalue weighted by molar-refractivity contribution is -0.125. The second-order valence-corrected chi connectivity index (χ2v) is 4.12. The minimum atomic E-state index is -1.26. The Kier molecular flexibility index (Phi) is 4.58. The number of carbonyl (C=O) groups is 2. The van der Waals surface area contributed by atoms with Gasteiger partial charge in [0, 0.05) is 0 Å². The van der Waals surface area contributed by atoms with Gasteiger partial charge >= 0.3 is 6.09 Å². The average Bonchev–Trinajstić information content (AvgIpc) is 2.08. The zero-order chi connectivity index (χ0) is 12.1. The Hall–Kier alpha value is -1.77. The molecule has 0 saturated carbocycles. The van der Waals surface area contributed by atoms with E-state index in [0.717, 1.165) is 0 Å². The van der Waals surface area contributed by atoms with Crippen molar-refractivity contribution in [2.45, 2.75) is 26.8 Å². The lowest BCUT2D eigenvalue weighted by Gasteiger charge is -2.28. The first-order valence-electron chi connectivity index (χ1n) is 4.43. The molecule has 2 amide bonds. The van der Waals surface area contributed by atoms with Gasteiger partial charge in [0.25, 0.3) is 0 Å². The van der Waals surface area contributed by atoms with E-state index >= 15 is 0 Å². The number of nitrogens with one attached hydrogen (secondary N) is 2. The number of hydrogen-bond donors (Lipinski definition) is 3. The molecule has 0 heterocycles. The van der Waals surface area contributed by atoms with Crippen molar-refractivity contribution in [3.8, 4) is 6.07 Å². The standard InChI is InChI=1S/C9H15N3O3/c1-9(2,3)6(12-8(14)15)7(13)11-5-4-10/h6,12H,5H2,1-3H3,(H,11,13)(H,14,15). The van der Waals surface area contributed by atoms with E-state index in [9.17, 15) is 9.59 Å². The van der Waals surface area contributed by atoms with Gasteiger partial charge in [0.05, 0.1) is 6.07 Å². The van der Waals surface area contributed by atoms with Crippen LogP contribution in [-0.4, -0.2) is 29.7 Å². The zero-order valence-corrected chi connectivity index (χ0v) is 9.00. The number of nitriles is 1. The van der Waals surface area contributed by atoms with Gasteiger partial charge in [0.15, 0.2) is 0 Å². The van der Waals surface area contributed by atoms with Crippen LogP contribution in [-0.2, 0) is 4.79 Å². The summed E-state index contributed by atoms with van der Waals surface area (Å²) in [6.07, 6.45) is -1.26. The highest BCUT2D eigenvalue weighted by molar-refractivity contribution is 5.86. The van der Waals surface area contributed by atoms with Crippen LogP contribution in [0.4, 0.5) is 4.79 Å².